The van der Waals surface area contributed by atoms with Gasteiger partial charge in [0, 0.05) is 25.0 Å². The van der Waals surface area contributed by atoms with E-state index in [0.29, 0.717) is 12.7 Å². The van der Waals surface area contributed by atoms with Crippen LogP contribution in [-0.2, 0) is 0 Å². The predicted octanol–water partition coefficient (Wildman–Crippen LogP) is 3.52. The molecule has 2 unspecified atom stereocenters. The Bertz CT molecular complexity index is 497. The number of fused-ring (bicyclic) bond motifs is 1. The van der Waals surface area contributed by atoms with Gasteiger partial charge < -0.3 is 14.2 Å². The van der Waals surface area contributed by atoms with Gasteiger partial charge in [-0.1, -0.05) is 6.42 Å². The van der Waals surface area contributed by atoms with Crippen LogP contribution in [0.3, 0.4) is 0 Å². The fourth-order valence-electron chi connectivity index (χ4n) is 3.19. The van der Waals surface area contributed by atoms with Crippen molar-refractivity contribution < 1.29 is 14.2 Å². The van der Waals surface area contributed by atoms with Gasteiger partial charge in [0.25, 0.3) is 0 Å². The Morgan fingerprint density at radius 1 is 1.32 bits per heavy atom. The van der Waals surface area contributed by atoms with Crippen LogP contribution in [0.2, 0.25) is 0 Å². The number of halogens is 1. The van der Waals surface area contributed by atoms with Gasteiger partial charge in [0.05, 0.1) is 0 Å². The largest absolute Gasteiger partial charge is 0.489 e. The van der Waals surface area contributed by atoms with Crippen LogP contribution in [0.25, 0.3) is 0 Å². The van der Waals surface area contributed by atoms with Crippen molar-refractivity contribution in [1.82, 2.24) is 4.90 Å². The highest BCUT2D eigenvalue weighted by atomic mass is 35.5. The first-order valence-corrected chi connectivity index (χ1v) is 8.62. The summed E-state index contributed by atoms with van der Waals surface area (Å²) in [6, 6.07) is 5.75. The molecule has 22 heavy (non-hydrogen) atoms. The van der Waals surface area contributed by atoms with Crippen molar-refractivity contribution in [2.45, 2.75) is 32.3 Å². The molecule has 0 aromatic heterocycles. The molecule has 3 rings (SSSR count). The topological polar surface area (TPSA) is 30.9 Å². The Balaban J connectivity index is 1.54. The predicted molar refractivity (Wildman–Crippen MR) is 87.2 cm³/mol. The number of likely N-dealkylation sites (tertiary alicyclic amines) is 1. The highest BCUT2D eigenvalue weighted by Gasteiger charge is 2.20. The maximum absolute atomic E-state index is 6.05. The molecule has 4 nitrogen and oxygen atoms in total. The van der Waals surface area contributed by atoms with Crippen molar-refractivity contribution in [1.29, 1.82) is 0 Å². The zero-order valence-electron chi connectivity index (χ0n) is 13.1. The average Bonchev–Trinajstić information content (AvgIpc) is 2.85. The highest BCUT2D eigenvalue weighted by Crippen LogP contribution is 2.35. The van der Waals surface area contributed by atoms with E-state index < -0.39 is 0 Å². The van der Waals surface area contributed by atoms with Crippen LogP contribution in [0.15, 0.2) is 18.2 Å². The van der Waals surface area contributed by atoms with Crippen molar-refractivity contribution in [3.05, 3.63) is 18.2 Å². The van der Waals surface area contributed by atoms with Gasteiger partial charge in [-0.3, -0.25) is 4.90 Å². The normalized spacial score (nSPS) is 23.1. The van der Waals surface area contributed by atoms with E-state index in [-0.39, 0.29) is 6.10 Å². The van der Waals surface area contributed by atoms with Crippen molar-refractivity contribution in [2.24, 2.45) is 5.92 Å². The lowest BCUT2D eigenvalue weighted by atomic mass is 10.1. The molecule has 2 heterocycles. The zero-order valence-corrected chi connectivity index (χ0v) is 13.8. The average molecular weight is 326 g/mol. The molecule has 2 atom stereocenters. The number of nitrogens with zero attached hydrogens (tertiary/aromatic N) is 1. The number of benzene rings is 1. The molecule has 1 aromatic carbocycles. The van der Waals surface area contributed by atoms with Crippen LogP contribution < -0.4 is 14.2 Å². The molecule has 1 aromatic rings. The summed E-state index contributed by atoms with van der Waals surface area (Å²) in [5, 5.41) is 0. The van der Waals surface area contributed by atoms with E-state index in [9.17, 15) is 0 Å². The molecule has 1 saturated heterocycles. The fraction of sp³-hybridized carbons (Fsp3) is 0.647. The number of hydrogen-bond donors (Lipinski definition) is 0. The Kier molecular flexibility index (Phi) is 5.32. The van der Waals surface area contributed by atoms with Gasteiger partial charge in [-0.05, 0) is 44.4 Å². The summed E-state index contributed by atoms with van der Waals surface area (Å²) < 4.78 is 16.7. The van der Waals surface area contributed by atoms with Crippen LogP contribution >= 0.6 is 11.6 Å². The molecular weight excluding hydrogens is 302 g/mol. The molecule has 5 heteroatoms. The Hall–Kier alpha value is -1.13. The van der Waals surface area contributed by atoms with Gasteiger partial charge in [0.15, 0.2) is 11.5 Å². The summed E-state index contributed by atoms with van der Waals surface area (Å²) in [7, 11) is 0. The third kappa shape index (κ3) is 3.99. The quantitative estimate of drug-likeness (QED) is 0.775. The van der Waals surface area contributed by atoms with E-state index in [2.05, 4.69) is 11.8 Å². The molecule has 0 spiro atoms. The summed E-state index contributed by atoms with van der Waals surface area (Å²) in [6.45, 7) is 5.56. The summed E-state index contributed by atoms with van der Waals surface area (Å²) in [5.41, 5.74) is 0. The summed E-state index contributed by atoms with van der Waals surface area (Å²) >= 11 is 6.05. The first-order valence-electron chi connectivity index (χ1n) is 8.09. The number of rotatable bonds is 5. The summed E-state index contributed by atoms with van der Waals surface area (Å²) in [6.07, 6.45) is 3.92. The Morgan fingerprint density at radius 2 is 2.18 bits per heavy atom. The van der Waals surface area contributed by atoms with Crippen molar-refractivity contribution >= 4 is 11.6 Å². The first-order chi connectivity index (χ1) is 10.7. The zero-order chi connectivity index (χ0) is 15.4. The molecule has 0 aliphatic carbocycles. The molecule has 2 aliphatic heterocycles. The maximum atomic E-state index is 6.05. The Labute approximate surface area is 137 Å². The molecule has 2 aliphatic rings. The molecule has 0 radical (unpaired) electrons. The number of ether oxygens (including phenoxy) is 3. The van der Waals surface area contributed by atoms with Gasteiger partial charge in [0.1, 0.15) is 11.9 Å². The third-order valence-corrected chi connectivity index (χ3v) is 4.70. The van der Waals surface area contributed by atoms with Crippen LogP contribution in [0.4, 0.5) is 0 Å². The lowest BCUT2D eigenvalue weighted by molar-refractivity contribution is 0.140. The van der Waals surface area contributed by atoms with Crippen LogP contribution in [0, 0.1) is 5.92 Å². The third-order valence-electron chi connectivity index (χ3n) is 4.27. The summed E-state index contributed by atoms with van der Waals surface area (Å²) in [5.74, 6) is 3.76. The van der Waals surface area contributed by atoms with Crippen LogP contribution in [0.5, 0.6) is 17.2 Å². The van der Waals surface area contributed by atoms with E-state index in [0.717, 1.165) is 42.8 Å². The standard InChI is InChI=1S/C17H24ClNO3/c1-13(10-19-7-3-2-4-14(9-18)11-19)22-15-5-6-16-17(8-15)21-12-20-16/h5-6,8,13-14H,2-4,7,9-12H2,1H3. The second-order valence-corrected chi connectivity index (χ2v) is 6.53. The molecule has 0 amide bonds. The van der Waals surface area contributed by atoms with E-state index in [4.69, 9.17) is 25.8 Å². The highest BCUT2D eigenvalue weighted by molar-refractivity contribution is 6.18. The smallest absolute Gasteiger partial charge is 0.231 e. The van der Waals surface area contributed by atoms with Crippen LogP contribution in [-0.4, -0.2) is 43.3 Å². The lowest BCUT2D eigenvalue weighted by Crippen LogP contribution is -2.37. The molecule has 0 saturated carbocycles. The molecule has 122 valence electrons. The van der Waals surface area contributed by atoms with Crippen LogP contribution in [0.1, 0.15) is 26.2 Å². The molecule has 0 N–H and O–H groups in total. The van der Waals surface area contributed by atoms with E-state index in [1.165, 1.54) is 19.3 Å². The second-order valence-electron chi connectivity index (χ2n) is 6.22. The number of alkyl halides is 1. The van der Waals surface area contributed by atoms with Gasteiger partial charge in [-0.2, -0.15) is 0 Å². The van der Waals surface area contributed by atoms with Crippen molar-refractivity contribution in [3.63, 3.8) is 0 Å². The van der Waals surface area contributed by atoms with Gasteiger partial charge in [0.2, 0.25) is 6.79 Å². The number of hydrogen-bond acceptors (Lipinski definition) is 4. The molecular formula is C17H24ClNO3. The van der Waals surface area contributed by atoms with Gasteiger partial charge in [-0.25, -0.2) is 0 Å². The minimum absolute atomic E-state index is 0.134. The summed E-state index contributed by atoms with van der Waals surface area (Å²) in [4.78, 5) is 2.48. The van der Waals surface area contributed by atoms with E-state index >= 15 is 0 Å². The first kappa shape index (κ1) is 15.8. The monoisotopic (exact) mass is 325 g/mol. The van der Waals surface area contributed by atoms with E-state index in [1.54, 1.807) is 0 Å². The van der Waals surface area contributed by atoms with Crippen molar-refractivity contribution in [3.8, 4) is 17.2 Å². The molecule has 0 bridgehead atoms. The van der Waals surface area contributed by atoms with Gasteiger partial charge >= 0.3 is 0 Å². The Morgan fingerprint density at radius 3 is 3.05 bits per heavy atom. The van der Waals surface area contributed by atoms with E-state index in [1.807, 2.05) is 18.2 Å². The minimum atomic E-state index is 0.134. The molecule has 1 fully saturated rings. The lowest BCUT2D eigenvalue weighted by Gasteiger charge is -2.26. The minimum Gasteiger partial charge on any atom is -0.489 e. The SMILES string of the molecule is CC(CN1CCCCC(CCl)C1)Oc1ccc2c(c1)OCO2. The second kappa shape index (κ2) is 7.42. The maximum Gasteiger partial charge on any atom is 0.231 e. The van der Waals surface area contributed by atoms with Gasteiger partial charge in [-0.15, -0.1) is 11.6 Å². The van der Waals surface area contributed by atoms with Crippen molar-refractivity contribution in [2.75, 3.05) is 32.3 Å². The fourth-order valence-corrected chi connectivity index (χ4v) is 3.44.